The standard InChI is InChI=1S/C10H15NO5/c1-3-16-9(13)7-4-5-11(2,10(14)15)6-8(7)12/h7H,3-6H2,1-2H3. The molecule has 2 unspecified atom stereocenters. The van der Waals surface area contributed by atoms with Gasteiger partial charge in [-0.25, -0.2) is 0 Å². The van der Waals surface area contributed by atoms with E-state index in [9.17, 15) is 19.5 Å². The van der Waals surface area contributed by atoms with Gasteiger partial charge in [-0.2, -0.15) is 0 Å². The van der Waals surface area contributed by atoms with Gasteiger partial charge < -0.3 is 14.6 Å². The summed E-state index contributed by atoms with van der Waals surface area (Å²) in [5, 5.41) is 10.8. The van der Waals surface area contributed by atoms with Crippen LogP contribution < -0.4 is 5.11 Å². The largest absolute Gasteiger partial charge is 0.498 e. The highest BCUT2D eigenvalue weighted by Crippen LogP contribution is 2.20. The van der Waals surface area contributed by atoms with Crippen LogP contribution in [-0.2, 0) is 14.3 Å². The van der Waals surface area contributed by atoms with Gasteiger partial charge in [0.25, 0.3) is 6.09 Å². The lowest BCUT2D eigenvalue weighted by Gasteiger charge is -2.37. The molecule has 1 amide bonds. The minimum atomic E-state index is -1.30. The van der Waals surface area contributed by atoms with Gasteiger partial charge in [-0.15, -0.1) is 0 Å². The molecule has 16 heavy (non-hydrogen) atoms. The van der Waals surface area contributed by atoms with Crippen molar-refractivity contribution in [1.29, 1.82) is 0 Å². The molecule has 6 nitrogen and oxygen atoms in total. The lowest BCUT2D eigenvalue weighted by molar-refractivity contribution is -0.853. The van der Waals surface area contributed by atoms with Gasteiger partial charge in [0.05, 0.1) is 20.2 Å². The number of carbonyl (C=O) groups excluding carboxylic acids is 3. The minimum absolute atomic E-state index is 0.197. The zero-order chi connectivity index (χ0) is 12.3. The monoisotopic (exact) mass is 229 g/mol. The van der Waals surface area contributed by atoms with Crippen LogP contribution >= 0.6 is 0 Å². The molecule has 0 aromatic heterocycles. The highest BCUT2D eigenvalue weighted by atomic mass is 16.5. The molecule has 1 saturated heterocycles. The molecule has 2 atom stereocenters. The second kappa shape index (κ2) is 4.61. The summed E-state index contributed by atoms with van der Waals surface area (Å²) in [7, 11) is 1.41. The van der Waals surface area contributed by atoms with Gasteiger partial charge in [0.15, 0.2) is 0 Å². The fraction of sp³-hybridized carbons (Fsp3) is 0.700. The van der Waals surface area contributed by atoms with E-state index >= 15 is 0 Å². The summed E-state index contributed by atoms with van der Waals surface area (Å²) in [4.78, 5) is 33.8. The number of hydrogen-bond acceptors (Lipinski definition) is 5. The maximum absolute atomic E-state index is 11.6. The smallest absolute Gasteiger partial charge is 0.316 e. The topological polar surface area (TPSA) is 83.5 Å². The van der Waals surface area contributed by atoms with E-state index in [0.29, 0.717) is 0 Å². The van der Waals surface area contributed by atoms with E-state index in [4.69, 9.17) is 4.74 Å². The molecule has 0 aromatic carbocycles. The van der Waals surface area contributed by atoms with Crippen molar-refractivity contribution in [3.8, 4) is 0 Å². The van der Waals surface area contributed by atoms with E-state index in [1.165, 1.54) is 7.05 Å². The number of piperidine rings is 1. The highest BCUT2D eigenvalue weighted by molar-refractivity contribution is 6.00. The first-order valence-corrected chi connectivity index (χ1v) is 5.16. The Balaban J connectivity index is 2.69. The van der Waals surface area contributed by atoms with Crippen LogP contribution in [0.5, 0.6) is 0 Å². The van der Waals surface area contributed by atoms with Crippen LogP contribution in [-0.4, -0.2) is 49.1 Å². The average molecular weight is 229 g/mol. The number of Topliss-reactive ketones (excluding diaryl/α,β-unsaturated/α-hetero) is 1. The Kier molecular flexibility index (Phi) is 3.64. The van der Waals surface area contributed by atoms with Crippen molar-refractivity contribution >= 4 is 17.8 Å². The maximum atomic E-state index is 11.6. The third-order valence-corrected chi connectivity index (χ3v) is 2.82. The van der Waals surface area contributed by atoms with Crippen molar-refractivity contribution in [3.63, 3.8) is 0 Å². The SMILES string of the molecule is CCOC(=O)C1CC[N+](C)(C(=O)[O-])CC1=O. The summed E-state index contributed by atoms with van der Waals surface area (Å²) >= 11 is 0. The van der Waals surface area contributed by atoms with Crippen LogP contribution in [0, 0.1) is 5.92 Å². The zero-order valence-corrected chi connectivity index (χ0v) is 9.39. The minimum Gasteiger partial charge on any atom is -0.498 e. The molecule has 1 rings (SSSR count). The number of carbonyl (C=O) groups is 3. The molecule has 0 aromatic rings. The van der Waals surface area contributed by atoms with Crippen LogP contribution in [0.4, 0.5) is 4.79 Å². The second-order valence-electron chi connectivity index (χ2n) is 4.10. The first kappa shape index (κ1) is 12.6. The third kappa shape index (κ3) is 2.38. The highest BCUT2D eigenvalue weighted by Gasteiger charge is 2.41. The summed E-state index contributed by atoms with van der Waals surface area (Å²) in [5.74, 6) is -1.76. The van der Waals surface area contributed by atoms with Crippen molar-refractivity contribution in [2.75, 3.05) is 26.7 Å². The predicted octanol–water partition coefficient (Wildman–Crippen LogP) is -1.07. The molecule has 90 valence electrons. The van der Waals surface area contributed by atoms with E-state index in [0.717, 1.165) is 0 Å². The number of rotatable bonds is 2. The molecule has 1 aliphatic rings. The number of esters is 1. The van der Waals surface area contributed by atoms with Crippen molar-refractivity contribution in [1.82, 2.24) is 0 Å². The Morgan fingerprint density at radius 1 is 1.56 bits per heavy atom. The Morgan fingerprint density at radius 3 is 2.62 bits per heavy atom. The summed E-state index contributed by atoms with van der Waals surface area (Å²) in [6, 6.07) is 0. The fourth-order valence-electron chi connectivity index (χ4n) is 1.76. The molecular formula is C10H15NO5. The summed E-state index contributed by atoms with van der Waals surface area (Å²) < 4.78 is 4.29. The molecule has 6 heteroatoms. The number of ether oxygens (including phenoxy) is 1. The van der Waals surface area contributed by atoms with Crippen LogP contribution in [0.15, 0.2) is 0 Å². The maximum Gasteiger partial charge on any atom is 0.316 e. The van der Waals surface area contributed by atoms with Crippen molar-refractivity contribution in [2.45, 2.75) is 13.3 Å². The Bertz CT molecular complexity index is 327. The molecule has 0 N–H and O–H groups in total. The Labute approximate surface area is 93.4 Å². The predicted molar refractivity (Wildman–Crippen MR) is 51.1 cm³/mol. The quantitative estimate of drug-likeness (QED) is 0.342. The summed E-state index contributed by atoms with van der Waals surface area (Å²) in [5.41, 5.74) is 0. The molecule has 0 aliphatic carbocycles. The zero-order valence-electron chi connectivity index (χ0n) is 9.39. The van der Waals surface area contributed by atoms with Crippen molar-refractivity contribution in [2.24, 2.45) is 5.92 Å². The Hall–Kier alpha value is -1.43. The van der Waals surface area contributed by atoms with Crippen LogP contribution in [0.2, 0.25) is 0 Å². The number of likely N-dealkylation sites (tertiary alicyclic amines) is 1. The molecule has 0 bridgehead atoms. The third-order valence-electron chi connectivity index (χ3n) is 2.82. The van der Waals surface area contributed by atoms with Gasteiger partial charge in [-0.05, 0) is 6.92 Å². The summed E-state index contributed by atoms with van der Waals surface area (Å²) in [6.45, 7) is 1.87. The Morgan fingerprint density at radius 2 is 2.19 bits per heavy atom. The van der Waals surface area contributed by atoms with Gasteiger partial charge in [-0.3, -0.25) is 14.1 Å². The van der Waals surface area contributed by atoms with Crippen LogP contribution in [0.3, 0.4) is 0 Å². The van der Waals surface area contributed by atoms with E-state index in [2.05, 4.69) is 0 Å². The molecule has 1 fully saturated rings. The summed E-state index contributed by atoms with van der Waals surface area (Å²) in [6.07, 6.45) is -1.10. The van der Waals surface area contributed by atoms with E-state index in [-0.39, 0.29) is 26.1 Å². The van der Waals surface area contributed by atoms with Crippen molar-refractivity contribution < 1.29 is 28.7 Å². The fourth-order valence-corrected chi connectivity index (χ4v) is 1.76. The van der Waals surface area contributed by atoms with E-state index in [1.54, 1.807) is 6.92 Å². The van der Waals surface area contributed by atoms with E-state index < -0.39 is 28.2 Å². The van der Waals surface area contributed by atoms with Gasteiger partial charge in [0.1, 0.15) is 12.5 Å². The number of amides is 1. The number of ketones is 1. The van der Waals surface area contributed by atoms with Crippen LogP contribution in [0.25, 0.3) is 0 Å². The lowest BCUT2D eigenvalue weighted by atomic mass is 9.94. The van der Waals surface area contributed by atoms with Gasteiger partial charge in [0.2, 0.25) is 5.78 Å². The van der Waals surface area contributed by atoms with Gasteiger partial charge >= 0.3 is 5.97 Å². The molecule has 0 radical (unpaired) electrons. The molecule has 0 spiro atoms. The van der Waals surface area contributed by atoms with Crippen LogP contribution in [0.1, 0.15) is 13.3 Å². The molecule has 0 saturated carbocycles. The average Bonchev–Trinajstić information content (AvgIpc) is 2.17. The molecular weight excluding hydrogens is 214 g/mol. The van der Waals surface area contributed by atoms with Gasteiger partial charge in [-0.1, -0.05) is 0 Å². The van der Waals surface area contributed by atoms with Gasteiger partial charge in [0, 0.05) is 6.42 Å². The number of hydrogen-bond donors (Lipinski definition) is 0. The molecule has 1 aliphatic heterocycles. The molecule has 1 heterocycles. The van der Waals surface area contributed by atoms with E-state index in [1.807, 2.05) is 0 Å². The second-order valence-corrected chi connectivity index (χ2v) is 4.10. The first-order valence-electron chi connectivity index (χ1n) is 5.16. The van der Waals surface area contributed by atoms with Crippen molar-refractivity contribution in [3.05, 3.63) is 0 Å². The number of nitrogens with zero attached hydrogens (tertiary/aromatic N) is 1. The number of quaternary nitrogens is 1. The first-order chi connectivity index (χ1) is 7.40. The lowest BCUT2D eigenvalue weighted by Crippen LogP contribution is -2.62. The number of carboxylic acid groups (broad SMARTS) is 1. The number of likely N-dealkylation sites (N-methyl/N-ethyl adjacent to an activating group) is 1. The normalized spacial score (nSPS) is 29.9.